The van der Waals surface area contributed by atoms with Crippen LogP contribution < -0.4 is 4.90 Å². The predicted molar refractivity (Wildman–Crippen MR) is 71.7 cm³/mol. The van der Waals surface area contributed by atoms with Crippen molar-refractivity contribution >= 4 is 15.5 Å². The lowest BCUT2D eigenvalue weighted by molar-refractivity contribution is -0.0435. The maximum atomic E-state index is 12.7. The number of alkyl halides is 3. The van der Waals surface area contributed by atoms with E-state index >= 15 is 0 Å². The van der Waals surface area contributed by atoms with Gasteiger partial charge in [-0.2, -0.15) is 13.2 Å². The van der Waals surface area contributed by atoms with Crippen LogP contribution in [-0.2, 0) is 9.84 Å². The molecule has 0 bridgehead atoms. The Morgan fingerprint density at radius 2 is 1.95 bits per heavy atom. The van der Waals surface area contributed by atoms with Gasteiger partial charge in [-0.1, -0.05) is 12.1 Å². The summed E-state index contributed by atoms with van der Waals surface area (Å²) < 4.78 is 61.5. The molecule has 0 radical (unpaired) electrons. The molecule has 2 rings (SSSR count). The summed E-state index contributed by atoms with van der Waals surface area (Å²) in [7, 11) is -5.39. The van der Waals surface area contributed by atoms with Crippen LogP contribution in [0.2, 0.25) is 0 Å². The standard InChI is InChI=1S/C13H16F3NO3S/c1-9(18)10-6-7-17(8-10)11-4-2-3-5-12(11)21(19,20)13(14,15)16/h2-5,9-10,18H,6-8H2,1H3. The first-order chi connectivity index (χ1) is 9.64. The average Bonchev–Trinajstić information content (AvgIpc) is 2.87. The number of aliphatic hydroxyl groups excluding tert-OH is 1. The van der Waals surface area contributed by atoms with Gasteiger partial charge in [0.15, 0.2) is 0 Å². The number of anilines is 1. The Labute approximate surface area is 121 Å². The minimum Gasteiger partial charge on any atom is -0.393 e. The molecule has 4 nitrogen and oxygen atoms in total. The lowest BCUT2D eigenvalue weighted by atomic mass is 10.0. The molecule has 0 spiro atoms. The van der Waals surface area contributed by atoms with E-state index in [2.05, 4.69) is 0 Å². The van der Waals surface area contributed by atoms with Gasteiger partial charge in [-0.15, -0.1) is 0 Å². The smallest absolute Gasteiger partial charge is 0.393 e. The molecule has 1 aromatic rings. The number of sulfone groups is 1. The molecule has 1 heterocycles. The second-order valence-electron chi connectivity index (χ2n) is 5.15. The van der Waals surface area contributed by atoms with Crippen LogP contribution in [0.5, 0.6) is 0 Å². The van der Waals surface area contributed by atoms with E-state index in [4.69, 9.17) is 0 Å². The van der Waals surface area contributed by atoms with Gasteiger partial charge >= 0.3 is 5.51 Å². The third kappa shape index (κ3) is 3.01. The number of halogens is 3. The lowest BCUT2D eigenvalue weighted by Crippen LogP contribution is -2.28. The monoisotopic (exact) mass is 323 g/mol. The maximum Gasteiger partial charge on any atom is 0.501 e. The number of nitrogens with zero attached hydrogens (tertiary/aromatic N) is 1. The zero-order valence-electron chi connectivity index (χ0n) is 11.3. The summed E-state index contributed by atoms with van der Waals surface area (Å²) in [4.78, 5) is 0.847. The Morgan fingerprint density at radius 1 is 1.33 bits per heavy atom. The molecule has 118 valence electrons. The normalized spacial score (nSPS) is 21.6. The Hall–Kier alpha value is -1.28. The van der Waals surface area contributed by atoms with Crippen molar-refractivity contribution < 1.29 is 26.7 Å². The molecule has 1 saturated heterocycles. The predicted octanol–water partition coefficient (Wildman–Crippen LogP) is 2.19. The van der Waals surface area contributed by atoms with Crippen LogP contribution in [-0.4, -0.2) is 38.2 Å². The van der Waals surface area contributed by atoms with Crippen LogP contribution in [0.25, 0.3) is 0 Å². The summed E-state index contributed by atoms with van der Waals surface area (Å²) >= 11 is 0. The van der Waals surface area contributed by atoms with Crippen molar-refractivity contribution in [2.24, 2.45) is 5.92 Å². The highest BCUT2D eigenvalue weighted by Gasteiger charge is 2.48. The molecular formula is C13H16F3NO3S. The highest BCUT2D eigenvalue weighted by molar-refractivity contribution is 7.92. The summed E-state index contributed by atoms with van der Waals surface area (Å²) in [6.07, 6.45) is 0.0271. The largest absolute Gasteiger partial charge is 0.501 e. The zero-order valence-corrected chi connectivity index (χ0v) is 12.2. The number of aliphatic hydroxyl groups is 1. The van der Waals surface area contributed by atoms with Gasteiger partial charge in [0.25, 0.3) is 9.84 Å². The number of hydrogen-bond donors (Lipinski definition) is 1. The zero-order chi connectivity index (χ0) is 15.8. The highest BCUT2D eigenvalue weighted by atomic mass is 32.2. The van der Waals surface area contributed by atoms with Crippen molar-refractivity contribution in [3.8, 4) is 0 Å². The number of hydrogen-bond acceptors (Lipinski definition) is 4. The molecule has 2 atom stereocenters. The van der Waals surface area contributed by atoms with Gasteiger partial charge in [0, 0.05) is 19.0 Å². The first kappa shape index (κ1) is 16.1. The summed E-state index contributed by atoms with van der Waals surface area (Å²) in [6, 6.07) is 5.10. The topological polar surface area (TPSA) is 57.6 Å². The SMILES string of the molecule is CC(O)C1CCN(c2ccccc2S(=O)(=O)C(F)(F)F)C1. The first-order valence-corrected chi connectivity index (χ1v) is 7.96. The van der Waals surface area contributed by atoms with Crippen LogP contribution in [0.4, 0.5) is 18.9 Å². The Bertz CT molecular complexity index is 613. The van der Waals surface area contributed by atoms with Crippen LogP contribution in [0.1, 0.15) is 13.3 Å². The van der Waals surface area contributed by atoms with Gasteiger partial charge in [-0.05, 0) is 25.5 Å². The van der Waals surface area contributed by atoms with E-state index < -0.39 is 26.3 Å². The van der Waals surface area contributed by atoms with Gasteiger partial charge in [0.2, 0.25) is 0 Å². The van der Waals surface area contributed by atoms with Crippen molar-refractivity contribution in [2.45, 2.75) is 29.9 Å². The molecule has 1 aromatic carbocycles. The van der Waals surface area contributed by atoms with E-state index in [0.29, 0.717) is 19.5 Å². The van der Waals surface area contributed by atoms with Crippen LogP contribution >= 0.6 is 0 Å². The molecule has 0 saturated carbocycles. The molecule has 0 aliphatic carbocycles. The van der Waals surface area contributed by atoms with Gasteiger partial charge in [-0.3, -0.25) is 0 Å². The third-order valence-electron chi connectivity index (χ3n) is 3.71. The Balaban J connectivity index is 2.40. The number of rotatable bonds is 3. The third-order valence-corrected chi connectivity index (χ3v) is 5.24. The van der Waals surface area contributed by atoms with E-state index in [1.165, 1.54) is 18.2 Å². The molecule has 2 unspecified atom stereocenters. The van der Waals surface area contributed by atoms with Crippen molar-refractivity contribution in [1.82, 2.24) is 0 Å². The summed E-state index contributed by atoms with van der Waals surface area (Å²) in [5.41, 5.74) is -5.29. The fourth-order valence-corrected chi connectivity index (χ4v) is 3.45. The minimum atomic E-state index is -5.39. The Morgan fingerprint density at radius 3 is 2.48 bits per heavy atom. The summed E-state index contributed by atoms with van der Waals surface area (Å²) in [5.74, 6) is -0.0772. The maximum absolute atomic E-state index is 12.7. The molecule has 21 heavy (non-hydrogen) atoms. The minimum absolute atomic E-state index is 0.0398. The van der Waals surface area contributed by atoms with Crippen molar-refractivity contribution in [1.29, 1.82) is 0 Å². The van der Waals surface area contributed by atoms with Crippen LogP contribution in [0.15, 0.2) is 29.2 Å². The molecule has 8 heteroatoms. The van der Waals surface area contributed by atoms with E-state index in [9.17, 15) is 26.7 Å². The van der Waals surface area contributed by atoms with Crippen molar-refractivity contribution in [3.05, 3.63) is 24.3 Å². The van der Waals surface area contributed by atoms with E-state index in [1.807, 2.05) is 0 Å². The average molecular weight is 323 g/mol. The molecule has 1 aliphatic rings. The van der Waals surface area contributed by atoms with Gasteiger partial charge in [0.05, 0.1) is 16.7 Å². The fourth-order valence-electron chi connectivity index (χ4n) is 2.47. The second kappa shape index (κ2) is 5.49. The second-order valence-corrected chi connectivity index (χ2v) is 7.06. The van der Waals surface area contributed by atoms with E-state index in [0.717, 1.165) is 6.07 Å². The number of benzene rings is 1. The molecule has 1 N–H and O–H groups in total. The molecule has 0 aromatic heterocycles. The van der Waals surface area contributed by atoms with Crippen LogP contribution in [0.3, 0.4) is 0 Å². The number of para-hydroxylation sites is 1. The molecule has 1 fully saturated rings. The quantitative estimate of drug-likeness (QED) is 0.926. The van der Waals surface area contributed by atoms with Gasteiger partial charge < -0.3 is 10.0 Å². The van der Waals surface area contributed by atoms with Crippen LogP contribution in [0, 0.1) is 5.92 Å². The molecule has 1 aliphatic heterocycles. The molecular weight excluding hydrogens is 307 g/mol. The first-order valence-electron chi connectivity index (χ1n) is 6.48. The molecule has 0 amide bonds. The lowest BCUT2D eigenvalue weighted by Gasteiger charge is -2.23. The van der Waals surface area contributed by atoms with Gasteiger partial charge in [0.1, 0.15) is 0 Å². The Kier molecular flexibility index (Phi) is 4.21. The fraction of sp³-hybridized carbons (Fsp3) is 0.538. The summed E-state index contributed by atoms with van der Waals surface area (Å²) in [6.45, 7) is 2.37. The van der Waals surface area contributed by atoms with Gasteiger partial charge in [-0.25, -0.2) is 8.42 Å². The van der Waals surface area contributed by atoms with Crippen molar-refractivity contribution in [2.75, 3.05) is 18.0 Å². The highest BCUT2D eigenvalue weighted by Crippen LogP contribution is 2.37. The van der Waals surface area contributed by atoms with E-state index in [1.54, 1.807) is 11.8 Å². The van der Waals surface area contributed by atoms with Crippen molar-refractivity contribution in [3.63, 3.8) is 0 Å². The summed E-state index contributed by atoms with van der Waals surface area (Å²) in [5, 5.41) is 9.55. The van der Waals surface area contributed by atoms with E-state index in [-0.39, 0.29) is 11.6 Å².